The molecule has 4 nitrogen and oxygen atoms in total. The number of carbonyl (C=O) groups excluding carboxylic acids is 1. The molecule has 110 valence electrons. The molecule has 4 heteroatoms. The minimum atomic E-state index is -0.964. The number of nitrogens with two attached hydrogens (primary N) is 2. The standard InChI is InChI=1S/C15H28N2O2/c1-13(2)10-5-6-14(13,3)11(9-10)19-8-7-15(4,17)12(16)18/h10-11H,5-9,17H2,1-4H3,(H2,16,18). The first-order chi connectivity index (χ1) is 8.61. The quantitative estimate of drug-likeness (QED) is 0.798. The van der Waals surface area contributed by atoms with Gasteiger partial charge in [-0.25, -0.2) is 0 Å². The van der Waals surface area contributed by atoms with Crippen LogP contribution in [0.2, 0.25) is 0 Å². The third-order valence-electron chi connectivity index (χ3n) is 6.22. The van der Waals surface area contributed by atoms with Gasteiger partial charge < -0.3 is 16.2 Å². The van der Waals surface area contributed by atoms with Crippen LogP contribution in [0.15, 0.2) is 0 Å². The molecule has 2 aliphatic rings. The van der Waals surface area contributed by atoms with Gasteiger partial charge in [-0.2, -0.15) is 0 Å². The van der Waals surface area contributed by atoms with E-state index in [9.17, 15) is 4.79 Å². The molecule has 4 unspecified atom stereocenters. The minimum absolute atomic E-state index is 0.259. The van der Waals surface area contributed by atoms with Gasteiger partial charge in [0.1, 0.15) is 0 Å². The molecule has 2 saturated carbocycles. The Morgan fingerprint density at radius 2 is 2.05 bits per heavy atom. The Hall–Kier alpha value is -0.610. The lowest BCUT2D eigenvalue weighted by atomic mass is 9.70. The van der Waals surface area contributed by atoms with Gasteiger partial charge in [0.2, 0.25) is 5.91 Å². The monoisotopic (exact) mass is 268 g/mol. The lowest BCUT2D eigenvalue weighted by Crippen LogP contribution is -2.50. The van der Waals surface area contributed by atoms with Crippen molar-refractivity contribution in [2.75, 3.05) is 6.61 Å². The first-order valence-corrected chi connectivity index (χ1v) is 7.32. The number of rotatable bonds is 5. The van der Waals surface area contributed by atoms with Crippen molar-refractivity contribution in [1.29, 1.82) is 0 Å². The normalized spacial score (nSPS) is 39.2. The number of carbonyl (C=O) groups is 1. The van der Waals surface area contributed by atoms with Crippen molar-refractivity contribution < 1.29 is 9.53 Å². The fourth-order valence-electron chi connectivity index (χ4n) is 3.92. The molecular weight excluding hydrogens is 240 g/mol. The van der Waals surface area contributed by atoms with Crippen LogP contribution in [0.5, 0.6) is 0 Å². The summed E-state index contributed by atoms with van der Waals surface area (Å²) < 4.78 is 6.07. The maximum atomic E-state index is 11.2. The van der Waals surface area contributed by atoms with Gasteiger partial charge in [0.05, 0.1) is 11.6 Å². The van der Waals surface area contributed by atoms with Crippen molar-refractivity contribution in [3.05, 3.63) is 0 Å². The Morgan fingerprint density at radius 3 is 2.47 bits per heavy atom. The highest BCUT2D eigenvalue weighted by Crippen LogP contribution is 2.66. The van der Waals surface area contributed by atoms with Crippen LogP contribution in [0.3, 0.4) is 0 Å². The largest absolute Gasteiger partial charge is 0.378 e. The molecule has 1 amide bonds. The van der Waals surface area contributed by atoms with Gasteiger partial charge in [0.15, 0.2) is 0 Å². The molecule has 2 bridgehead atoms. The van der Waals surface area contributed by atoms with Gasteiger partial charge in [0, 0.05) is 6.61 Å². The first kappa shape index (κ1) is 14.8. The summed E-state index contributed by atoms with van der Waals surface area (Å²) in [6.45, 7) is 9.26. The van der Waals surface area contributed by atoms with E-state index in [1.54, 1.807) is 6.92 Å². The fraction of sp³-hybridized carbons (Fsp3) is 0.933. The zero-order chi connectivity index (χ0) is 14.5. The number of hydrogen-bond donors (Lipinski definition) is 2. The maximum absolute atomic E-state index is 11.2. The summed E-state index contributed by atoms with van der Waals surface area (Å²) in [5, 5.41) is 0. The molecule has 4 atom stereocenters. The second-order valence-corrected chi connectivity index (χ2v) is 7.50. The smallest absolute Gasteiger partial charge is 0.237 e. The lowest BCUT2D eigenvalue weighted by Gasteiger charge is -2.39. The van der Waals surface area contributed by atoms with Crippen LogP contribution in [-0.4, -0.2) is 24.2 Å². The third-order valence-corrected chi connectivity index (χ3v) is 6.22. The molecule has 0 radical (unpaired) electrons. The zero-order valence-electron chi connectivity index (χ0n) is 12.7. The van der Waals surface area contributed by atoms with Crippen molar-refractivity contribution in [3.63, 3.8) is 0 Å². The van der Waals surface area contributed by atoms with E-state index in [1.807, 2.05) is 0 Å². The summed E-state index contributed by atoms with van der Waals surface area (Å²) in [6, 6.07) is 0. The highest BCUT2D eigenvalue weighted by molar-refractivity contribution is 5.83. The van der Waals surface area contributed by atoms with E-state index in [4.69, 9.17) is 16.2 Å². The number of ether oxygens (including phenoxy) is 1. The van der Waals surface area contributed by atoms with Crippen LogP contribution < -0.4 is 11.5 Å². The first-order valence-electron chi connectivity index (χ1n) is 7.32. The summed E-state index contributed by atoms with van der Waals surface area (Å²) in [6.07, 6.45) is 4.48. The van der Waals surface area contributed by atoms with E-state index in [-0.39, 0.29) is 5.41 Å². The topological polar surface area (TPSA) is 78.3 Å². The van der Waals surface area contributed by atoms with E-state index in [1.165, 1.54) is 12.8 Å². The highest BCUT2D eigenvalue weighted by Gasteiger charge is 2.61. The average molecular weight is 268 g/mol. The Labute approximate surface area is 116 Å². The van der Waals surface area contributed by atoms with Gasteiger partial charge >= 0.3 is 0 Å². The van der Waals surface area contributed by atoms with Crippen LogP contribution in [0.4, 0.5) is 0 Å². The van der Waals surface area contributed by atoms with Gasteiger partial charge in [-0.1, -0.05) is 20.8 Å². The molecule has 0 aliphatic heterocycles. The van der Waals surface area contributed by atoms with Crippen molar-refractivity contribution in [2.24, 2.45) is 28.2 Å². The maximum Gasteiger partial charge on any atom is 0.237 e. The predicted octanol–water partition coefficient (Wildman–Crippen LogP) is 1.81. The van der Waals surface area contributed by atoms with Crippen molar-refractivity contribution in [1.82, 2.24) is 0 Å². The van der Waals surface area contributed by atoms with E-state index >= 15 is 0 Å². The molecule has 0 aromatic rings. The second-order valence-electron chi connectivity index (χ2n) is 7.50. The van der Waals surface area contributed by atoms with Gasteiger partial charge in [-0.05, 0) is 49.4 Å². The summed E-state index contributed by atoms with van der Waals surface area (Å²) in [5.41, 5.74) is 10.8. The van der Waals surface area contributed by atoms with E-state index in [2.05, 4.69) is 20.8 Å². The molecule has 19 heavy (non-hydrogen) atoms. The van der Waals surface area contributed by atoms with Crippen molar-refractivity contribution in [2.45, 2.75) is 65.0 Å². The van der Waals surface area contributed by atoms with Crippen LogP contribution in [0.25, 0.3) is 0 Å². The summed E-state index contributed by atoms with van der Waals surface area (Å²) in [5.74, 6) is 0.304. The Morgan fingerprint density at radius 1 is 1.42 bits per heavy atom. The number of primary amides is 1. The van der Waals surface area contributed by atoms with Crippen LogP contribution in [-0.2, 0) is 9.53 Å². The minimum Gasteiger partial charge on any atom is -0.378 e. The van der Waals surface area contributed by atoms with Gasteiger partial charge in [0.25, 0.3) is 0 Å². The molecule has 2 aliphatic carbocycles. The number of amides is 1. The Kier molecular flexibility index (Phi) is 3.47. The van der Waals surface area contributed by atoms with Crippen LogP contribution in [0.1, 0.15) is 53.4 Å². The molecule has 0 spiro atoms. The fourth-order valence-corrected chi connectivity index (χ4v) is 3.92. The zero-order valence-corrected chi connectivity index (χ0v) is 12.7. The van der Waals surface area contributed by atoms with Crippen LogP contribution in [0, 0.1) is 16.7 Å². The molecule has 0 aromatic heterocycles. The number of hydrogen-bond acceptors (Lipinski definition) is 3. The molecule has 0 saturated heterocycles. The van der Waals surface area contributed by atoms with E-state index < -0.39 is 11.4 Å². The van der Waals surface area contributed by atoms with E-state index in [0.29, 0.717) is 24.5 Å². The summed E-state index contributed by atoms with van der Waals surface area (Å²) in [4.78, 5) is 11.2. The average Bonchev–Trinajstić information content (AvgIpc) is 2.61. The predicted molar refractivity (Wildman–Crippen MR) is 75.4 cm³/mol. The summed E-state index contributed by atoms with van der Waals surface area (Å²) in [7, 11) is 0. The second kappa shape index (κ2) is 4.45. The summed E-state index contributed by atoms with van der Waals surface area (Å²) >= 11 is 0. The van der Waals surface area contributed by atoms with Gasteiger partial charge in [-0.15, -0.1) is 0 Å². The Bertz CT molecular complexity index is 378. The van der Waals surface area contributed by atoms with E-state index in [0.717, 1.165) is 12.3 Å². The molecule has 0 heterocycles. The molecule has 4 N–H and O–H groups in total. The lowest BCUT2D eigenvalue weighted by molar-refractivity contribution is -0.124. The van der Waals surface area contributed by atoms with Gasteiger partial charge in [-0.3, -0.25) is 4.79 Å². The third kappa shape index (κ3) is 2.19. The van der Waals surface area contributed by atoms with Crippen molar-refractivity contribution >= 4 is 5.91 Å². The van der Waals surface area contributed by atoms with Crippen LogP contribution >= 0.6 is 0 Å². The Balaban J connectivity index is 1.91. The molecule has 0 aromatic carbocycles. The molecule has 2 fully saturated rings. The van der Waals surface area contributed by atoms with Crippen molar-refractivity contribution in [3.8, 4) is 0 Å². The molecule has 2 rings (SSSR count). The number of fused-ring (bicyclic) bond motifs is 2. The molecular formula is C15H28N2O2. The highest BCUT2D eigenvalue weighted by atomic mass is 16.5. The SMILES string of the molecule is CC(N)(CCOC1CC2CCC1(C)C2(C)C)C(N)=O.